The molecule has 26 heavy (non-hydrogen) atoms. The minimum atomic E-state index is -0.210. The molecule has 3 rings (SSSR count). The summed E-state index contributed by atoms with van der Waals surface area (Å²) in [6, 6.07) is 9.86. The summed E-state index contributed by atoms with van der Waals surface area (Å²) < 4.78 is 7.47. The average molecular weight is 352 g/mol. The zero-order valence-electron chi connectivity index (χ0n) is 15.3. The molecule has 1 aromatic carbocycles. The minimum absolute atomic E-state index is 0.0991. The first-order valence-electron chi connectivity index (χ1n) is 8.83. The van der Waals surface area contributed by atoms with E-state index in [1.807, 2.05) is 57.3 Å². The molecular formula is C20H24N4O2. The van der Waals surface area contributed by atoms with Gasteiger partial charge in [0.15, 0.2) is 12.1 Å². The van der Waals surface area contributed by atoms with Gasteiger partial charge >= 0.3 is 0 Å². The fraction of sp³-hybridized carbons (Fsp3) is 0.350. The number of hydrogen-bond acceptors (Lipinski definition) is 4. The van der Waals surface area contributed by atoms with Crippen molar-refractivity contribution >= 4 is 5.91 Å². The smallest absolute Gasteiger partial charge is 0.274 e. The molecule has 1 N–H and O–H groups in total. The molecule has 6 nitrogen and oxygen atoms in total. The van der Waals surface area contributed by atoms with Gasteiger partial charge in [0.1, 0.15) is 11.6 Å². The summed E-state index contributed by atoms with van der Waals surface area (Å²) in [5, 5.41) is 3.12. The molecule has 2 heterocycles. The van der Waals surface area contributed by atoms with Crippen LogP contribution in [0.1, 0.15) is 59.9 Å². The first-order chi connectivity index (χ1) is 12.6. The Morgan fingerprint density at radius 1 is 1.23 bits per heavy atom. The van der Waals surface area contributed by atoms with Gasteiger partial charge in [-0.1, -0.05) is 44.2 Å². The van der Waals surface area contributed by atoms with Gasteiger partial charge in [-0.05, 0) is 18.9 Å². The molecular weight excluding hydrogens is 328 g/mol. The van der Waals surface area contributed by atoms with Crippen molar-refractivity contribution in [2.45, 2.75) is 45.7 Å². The zero-order valence-corrected chi connectivity index (χ0v) is 15.3. The molecule has 0 saturated heterocycles. The van der Waals surface area contributed by atoms with Gasteiger partial charge in [0, 0.05) is 24.9 Å². The lowest BCUT2D eigenvalue weighted by Gasteiger charge is -2.20. The Morgan fingerprint density at radius 3 is 2.65 bits per heavy atom. The number of aryl methyl sites for hydroxylation is 2. The number of nitrogens with one attached hydrogen (secondary N) is 1. The number of oxazole rings is 1. The van der Waals surface area contributed by atoms with Crippen molar-refractivity contribution in [2.75, 3.05) is 0 Å². The SMILES string of the molecule is Cc1nccn1CCC(NC(=O)c1ncoc1C(C)C)c1ccccc1. The maximum Gasteiger partial charge on any atom is 0.274 e. The summed E-state index contributed by atoms with van der Waals surface area (Å²) in [5.41, 5.74) is 1.42. The Balaban J connectivity index is 1.78. The van der Waals surface area contributed by atoms with Crippen LogP contribution >= 0.6 is 0 Å². The Labute approximate surface area is 153 Å². The van der Waals surface area contributed by atoms with Gasteiger partial charge in [-0.25, -0.2) is 9.97 Å². The molecule has 1 unspecified atom stereocenters. The second-order valence-corrected chi connectivity index (χ2v) is 6.61. The van der Waals surface area contributed by atoms with Crippen molar-refractivity contribution in [1.29, 1.82) is 0 Å². The Hall–Kier alpha value is -2.89. The molecule has 0 aliphatic carbocycles. The van der Waals surface area contributed by atoms with E-state index in [9.17, 15) is 4.79 Å². The Morgan fingerprint density at radius 2 is 2.00 bits per heavy atom. The predicted octanol–water partition coefficient (Wildman–Crippen LogP) is 3.86. The normalized spacial score (nSPS) is 12.3. The summed E-state index contributed by atoms with van der Waals surface area (Å²) in [6.07, 6.45) is 5.82. The summed E-state index contributed by atoms with van der Waals surface area (Å²) in [7, 11) is 0. The maximum absolute atomic E-state index is 12.8. The van der Waals surface area contributed by atoms with E-state index in [4.69, 9.17) is 4.42 Å². The van der Waals surface area contributed by atoms with Gasteiger partial charge in [-0.3, -0.25) is 4.79 Å². The van der Waals surface area contributed by atoms with E-state index in [1.165, 1.54) is 6.39 Å². The number of amides is 1. The highest BCUT2D eigenvalue weighted by molar-refractivity contribution is 5.93. The van der Waals surface area contributed by atoms with Crippen LogP contribution in [0, 0.1) is 6.92 Å². The van der Waals surface area contributed by atoms with Crippen molar-refractivity contribution in [3.05, 3.63) is 72.0 Å². The number of nitrogens with zero attached hydrogens (tertiary/aromatic N) is 3. The Kier molecular flexibility index (Phi) is 5.51. The first-order valence-corrected chi connectivity index (χ1v) is 8.83. The highest BCUT2D eigenvalue weighted by Gasteiger charge is 2.22. The lowest BCUT2D eigenvalue weighted by atomic mass is 10.0. The highest BCUT2D eigenvalue weighted by Crippen LogP contribution is 2.22. The molecule has 1 amide bonds. The molecule has 0 aliphatic rings. The maximum atomic E-state index is 12.8. The quantitative estimate of drug-likeness (QED) is 0.701. The number of benzene rings is 1. The van der Waals surface area contributed by atoms with Gasteiger partial charge in [0.25, 0.3) is 5.91 Å². The summed E-state index contributed by atoms with van der Waals surface area (Å²) in [4.78, 5) is 21.2. The lowest BCUT2D eigenvalue weighted by molar-refractivity contribution is 0.0926. The van der Waals surface area contributed by atoms with Crippen molar-refractivity contribution in [1.82, 2.24) is 19.9 Å². The van der Waals surface area contributed by atoms with Crippen molar-refractivity contribution in [2.24, 2.45) is 0 Å². The van der Waals surface area contributed by atoms with Crippen molar-refractivity contribution < 1.29 is 9.21 Å². The van der Waals surface area contributed by atoms with Crippen LogP contribution in [0.2, 0.25) is 0 Å². The Bertz CT molecular complexity index is 852. The molecule has 0 saturated carbocycles. The van der Waals surface area contributed by atoms with E-state index in [1.54, 1.807) is 6.20 Å². The molecule has 0 radical (unpaired) electrons. The number of carbonyl (C=O) groups excluding carboxylic acids is 1. The fourth-order valence-corrected chi connectivity index (χ4v) is 2.98. The van der Waals surface area contributed by atoms with Gasteiger partial charge in [0.05, 0.1) is 6.04 Å². The topological polar surface area (TPSA) is 73.0 Å². The number of carbonyl (C=O) groups is 1. The lowest BCUT2D eigenvalue weighted by Crippen LogP contribution is -2.30. The fourth-order valence-electron chi connectivity index (χ4n) is 2.98. The van der Waals surface area contributed by atoms with Gasteiger partial charge in [0.2, 0.25) is 0 Å². The summed E-state index contributed by atoms with van der Waals surface area (Å²) in [6.45, 7) is 6.70. The molecule has 6 heteroatoms. The van der Waals surface area contributed by atoms with Crippen LogP contribution in [0.15, 0.2) is 53.5 Å². The molecule has 0 fully saturated rings. The second kappa shape index (κ2) is 7.99. The molecule has 0 bridgehead atoms. The van der Waals surface area contributed by atoms with Gasteiger partial charge in [-0.15, -0.1) is 0 Å². The van der Waals surface area contributed by atoms with Crippen LogP contribution in [-0.4, -0.2) is 20.4 Å². The third-order valence-electron chi connectivity index (χ3n) is 4.42. The van der Waals surface area contributed by atoms with Crippen LogP contribution < -0.4 is 5.32 Å². The third-order valence-corrected chi connectivity index (χ3v) is 4.42. The van der Waals surface area contributed by atoms with Crippen LogP contribution in [0.25, 0.3) is 0 Å². The molecule has 2 aromatic heterocycles. The van der Waals surface area contributed by atoms with Crippen molar-refractivity contribution in [3.8, 4) is 0 Å². The summed E-state index contributed by atoms with van der Waals surface area (Å²) >= 11 is 0. The minimum Gasteiger partial charge on any atom is -0.447 e. The molecule has 136 valence electrons. The average Bonchev–Trinajstić information content (AvgIpc) is 3.28. The van der Waals surface area contributed by atoms with E-state index in [2.05, 4.69) is 19.9 Å². The van der Waals surface area contributed by atoms with Crippen LogP contribution in [0.3, 0.4) is 0 Å². The third kappa shape index (κ3) is 4.02. The van der Waals surface area contributed by atoms with Crippen LogP contribution in [-0.2, 0) is 6.54 Å². The van der Waals surface area contributed by atoms with E-state index >= 15 is 0 Å². The van der Waals surface area contributed by atoms with Crippen LogP contribution in [0.5, 0.6) is 0 Å². The highest BCUT2D eigenvalue weighted by atomic mass is 16.3. The number of hydrogen-bond donors (Lipinski definition) is 1. The summed E-state index contributed by atoms with van der Waals surface area (Å²) in [5.74, 6) is 1.46. The van der Waals surface area contributed by atoms with Crippen molar-refractivity contribution in [3.63, 3.8) is 0 Å². The van der Waals surface area contributed by atoms with E-state index < -0.39 is 0 Å². The van der Waals surface area contributed by atoms with Gasteiger partial charge < -0.3 is 14.3 Å². The monoisotopic (exact) mass is 352 g/mol. The van der Waals surface area contributed by atoms with E-state index in [0.717, 1.165) is 24.4 Å². The predicted molar refractivity (Wildman–Crippen MR) is 98.8 cm³/mol. The molecule has 0 aliphatic heterocycles. The van der Waals surface area contributed by atoms with E-state index in [0.29, 0.717) is 11.5 Å². The standard InChI is InChI=1S/C20H24N4O2/c1-14(2)19-18(22-13-26-19)20(25)23-17(16-7-5-4-6-8-16)9-11-24-12-10-21-15(24)3/h4-8,10,12-14,17H,9,11H2,1-3H3,(H,23,25). The second-order valence-electron chi connectivity index (χ2n) is 6.61. The zero-order chi connectivity index (χ0) is 18.5. The number of imidazole rings is 1. The van der Waals surface area contributed by atoms with E-state index in [-0.39, 0.29) is 17.9 Å². The molecule has 0 spiro atoms. The molecule has 3 aromatic rings. The first kappa shape index (κ1) is 17.9. The van der Waals surface area contributed by atoms with Gasteiger partial charge in [-0.2, -0.15) is 0 Å². The molecule has 1 atom stereocenters. The van der Waals surface area contributed by atoms with Crippen LogP contribution in [0.4, 0.5) is 0 Å². The number of aromatic nitrogens is 3. The largest absolute Gasteiger partial charge is 0.447 e. The number of rotatable bonds is 7.